The molecule has 0 aromatic heterocycles. The van der Waals surface area contributed by atoms with Gasteiger partial charge < -0.3 is 15.7 Å². The molecule has 0 radical (unpaired) electrons. The lowest BCUT2D eigenvalue weighted by Gasteiger charge is -2.21. The Kier molecular flexibility index (Phi) is 5.70. The highest BCUT2D eigenvalue weighted by atomic mass is 16.3. The topological polar surface area (TPSA) is 78.4 Å². The quantitative estimate of drug-likeness (QED) is 0.714. The van der Waals surface area contributed by atoms with Gasteiger partial charge in [-0.05, 0) is 37.5 Å². The largest absolute Gasteiger partial charge is 0.388 e. The molecule has 20 heavy (non-hydrogen) atoms. The van der Waals surface area contributed by atoms with E-state index in [0.717, 1.165) is 12.0 Å². The minimum Gasteiger partial charge on any atom is -0.388 e. The summed E-state index contributed by atoms with van der Waals surface area (Å²) in [5.74, 6) is -1.49. The maximum Gasteiger partial charge on any atom is 0.313 e. The van der Waals surface area contributed by atoms with Crippen molar-refractivity contribution in [1.29, 1.82) is 0 Å². The molecule has 1 atom stereocenters. The minimum atomic E-state index is -1.00. The number of nitrogens with one attached hydrogen (secondary N) is 2. The smallest absolute Gasteiger partial charge is 0.313 e. The molecule has 0 aliphatic rings. The summed E-state index contributed by atoms with van der Waals surface area (Å²) in [5, 5.41) is 14.7. The van der Waals surface area contributed by atoms with Gasteiger partial charge in [0.1, 0.15) is 0 Å². The number of aryl methyl sites for hydroxylation is 1. The molecule has 0 saturated carbocycles. The highest BCUT2D eigenvalue weighted by Gasteiger charge is 2.21. The number of carbonyl (C=O) groups is 2. The summed E-state index contributed by atoms with van der Waals surface area (Å²) in [4.78, 5) is 23.3. The second-order valence-electron chi connectivity index (χ2n) is 5.04. The molecule has 0 heterocycles. The predicted octanol–water partition coefficient (Wildman–Crippen LogP) is 1.46. The van der Waals surface area contributed by atoms with E-state index in [-0.39, 0.29) is 6.54 Å². The lowest BCUT2D eigenvalue weighted by atomic mass is 10.0. The molecule has 1 rings (SSSR count). The maximum atomic E-state index is 11.7. The Hall–Kier alpha value is -1.88. The number of aliphatic hydroxyl groups is 1. The summed E-state index contributed by atoms with van der Waals surface area (Å²) >= 11 is 0. The van der Waals surface area contributed by atoms with E-state index in [1.165, 1.54) is 0 Å². The monoisotopic (exact) mass is 278 g/mol. The van der Waals surface area contributed by atoms with Gasteiger partial charge in [-0.1, -0.05) is 26.0 Å². The first-order valence-corrected chi connectivity index (χ1v) is 6.78. The van der Waals surface area contributed by atoms with E-state index >= 15 is 0 Å². The van der Waals surface area contributed by atoms with Crippen LogP contribution in [0, 0.1) is 0 Å². The van der Waals surface area contributed by atoms with Crippen LogP contribution in [-0.2, 0) is 16.0 Å². The van der Waals surface area contributed by atoms with Crippen molar-refractivity contribution in [1.82, 2.24) is 5.32 Å². The number of carbonyl (C=O) groups excluding carboxylic acids is 2. The first-order chi connectivity index (χ1) is 9.38. The molecule has 5 nitrogen and oxygen atoms in total. The van der Waals surface area contributed by atoms with Gasteiger partial charge in [0.15, 0.2) is 0 Å². The molecule has 0 bridgehead atoms. The fourth-order valence-electron chi connectivity index (χ4n) is 1.49. The SMILES string of the molecule is CCc1ccc(NC(=O)C(=O)NCC(C)(O)CC)cc1. The van der Waals surface area contributed by atoms with E-state index in [1.807, 2.05) is 26.0 Å². The molecule has 0 aliphatic heterocycles. The van der Waals surface area contributed by atoms with E-state index in [2.05, 4.69) is 10.6 Å². The third-order valence-corrected chi connectivity index (χ3v) is 3.22. The van der Waals surface area contributed by atoms with Crippen molar-refractivity contribution in [2.75, 3.05) is 11.9 Å². The Labute approximate surface area is 119 Å². The summed E-state index contributed by atoms with van der Waals surface area (Å²) in [5.41, 5.74) is 0.731. The fourth-order valence-corrected chi connectivity index (χ4v) is 1.49. The van der Waals surface area contributed by atoms with Crippen molar-refractivity contribution in [3.63, 3.8) is 0 Å². The average molecular weight is 278 g/mol. The summed E-state index contributed by atoms with van der Waals surface area (Å²) in [6, 6.07) is 7.31. The number of hydrogen-bond donors (Lipinski definition) is 3. The van der Waals surface area contributed by atoms with Crippen LogP contribution in [0.5, 0.6) is 0 Å². The van der Waals surface area contributed by atoms with Gasteiger partial charge in [0.25, 0.3) is 0 Å². The van der Waals surface area contributed by atoms with E-state index < -0.39 is 17.4 Å². The Bertz CT molecular complexity index is 467. The van der Waals surface area contributed by atoms with Crippen molar-refractivity contribution >= 4 is 17.5 Å². The predicted molar refractivity (Wildman–Crippen MR) is 78.4 cm³/mol. The average Bonchev–Trinajstić information content (AvgIpc) is 2.45. The van der Waals surface area contributed by atoms with Gasteiger partial charge in [-0.15, -0.1) is 0 Å². The number of hydrogen-bond acceptors (Lipinski definition) is 3. The van der Waals surface area contributed by atoms with E-state index in [0.29, 0.717) is 12.1 Å². The van der Waals surface area contributed by atoms with Gasteiger partial charge in [-0.3, -0.25) is 9.59 Å². The summed E-state index contributed by atoms with van der Waals surface area (Å²) in [7, 11) is 0. The first kappa shape index (κ1) is 16.2. The molecular weight excluding hydrogens is 256 g/mol. The maximum absolute atomic E-state index is 11.7. The standard InChI is InChI=1S/C15H22N2O3/c1-4-11-6-8-12(9-7-11)17-14(19)13(18)16-10-15(3,20)5-2/h6-9,20H,4-5,10H2,1-3H3,(H,16,18)(H,17,19). The van der Waals surface area contributed by atoms with Crippen LogP contribution in [0.2, 0.25) is 0 Å². The van der Waals surface area contributed by atoms with Crippen molar-refractivity contribution in [2.45, 2.75) is 39.2 Å². The van der Waals surface area contributed by atoms with E-state index in [9.17, 15) is 14.7 Å². The molecular formula is C15H22N2O3. The highest BCUT2D eigenvalue weighted by Crippen LogP contribution is 2.10. The second-order valence-corrected chi connectivity index (χ2v) is 5.04. The van der Waals surface area contributed by atoms with Crippen LogP contribution < -0.4 is 10.6 Å². The van der Waals surface area contributed by atoms with Gasteiger partial charge in [-0.25, -0.2) is 0 Å². The fraction of sp³-hybridized carbons (Fsp3) is 0.467. The summed E-state index contributed by atoms with van der Waals surface area (Å²) < 4.78 is 0. The lowest BCUT2D eigenvalue weighted by molar-refractivity contribution is -0.136. The first-order valence-electron chi connectivity index (χ1n) is 6.78. The van der Waals surface area contributed by atoms with E-state index in [4.69, 9.17) is 0 Å². The molecule has 1 aromatic carbocycles. The number of anilines is 1. The van der Waals surface area contributed by atoms with Gasteiger partial charge in [0, 0.05) is 12.2 Å². The van der Waals surface area contributed by atoms with Crippen LogP contribution in [0.4, 0.5) is 5.69 Å². The van der Waals surface area contributed by atoms with Gasteiger partial charge in [0.2, 0.25) is 0 Å². The van der Waals surface area contributed by atoms with Crippen LogP contribution in [0.1, 0.15) is 32.8 Å². The number of rotatable bonds is 5. The summed E-state index contributed by atoms with van der Waals surface area (Å²) in [6.45, 7) is 5.50. The molecule has 0 saturated heterocycles. The number of amides is 2. The van der Waals surface area contributed by atoms with Crippen molar-refractivity contribution in [3.8, 4) is 0 Å². The molecule has 0 fully saturated rings. The minimum absolute atomic E-state index is 0.0462. The Morgan fingerprint density at radius 1 is 1.15 bits per heavy atom. The normalized spacial score (nSPS) is 13.4. The Morgan fingerprint density at radius 2 is 1.75 bits per heavy atom. The highest BCUT2D eigenvalue weighted by molar-refractivity contribution is 6.39. The molecule has 1 aromatic rings. The van der Waals surface area contributed by atoms with Crippen molar-refractivity contribution < 1.29 is 14.7 Å². The van der Waals surface area contributed by atoms with Crippen molar-refractivity contribution in [2.24, 2.45) is 0 Å². The zero-order valence-electron chi connectivity index (χ0n) is 12.2. The second kappa shape index (κ2) is 7.05. The molecule has 3 N–H and O–H groups in total. The van der Waals surface area contributed by atoms with Crippen LogP contribution >= 0.6 is 0 Å². The van der Waals surface area contributed by atoms with Gasteiger partial charge >= 0.3 is 11.8 Å². The van der Waals surface area contributed by atoms with Crippen LogP contribution in [0.25, 0.3) is 0 Å². The molecule has 5 heteroatoms. The van der Waals surface area contributed by atoms with E-state index in [1.54, 1.807) is 19.1 Å². The summed E-state index contributed by atoms with van der Waals surface area (Å²) in [6.07, 6.45) is 1.41. The Morgan fingerprint density at radius 3 is 2.25 bits per heavy atom. The zero-order valence-corrected chi connectivity index (χ0v) is 12.2. The molecule has 1 unspecified atom stereocenters. The van der Waals surface area contributed by atoms with Gasteiger partial charge in [0.05, 0.1) is 5.60 Å². The van der Waals surface area contributed by atoms with Crippen LogP contribution in [0.3, 0.4) is 0 Å². The Balaban J connectivity index is 2.51. The number of benzene rings is 1. The molecule has 0 spiro atoms. The van der Waals surface area contributed by atoms with Crippen LogP contribution in [-0.4, -0.2) is 29.1 Å². The third kappa shape index (κ3) is 5.01. The zero-order chi connectivity index (χ0) is 15.2. The molecule has 0 aliphatic carbocycles. The lowest BCUT2D eigenvalue weighted by Crippen LogP contribution is -2.44. The van der Waals surface area contributed by atoms with Gasteiger partial charge in [-0.2, -0.15) is 0 Å². The molecule has 110 valence electrons. The van der Waals surface area contributed by atoms with Crippen LogP contribution in [0.15, 0.2) is 24.3 Å². The molecule has 2 amide bonds. The third-order valence-electron chi connectivity index (χ3n) is 3.22. The van der Waals surface area contributed by atoms with Crippen molar-refractivity contribution in [3.05, 3.63) is 29.8 Å².